The molecule has 23 heavy (non-hydrogen) atoms. The lowest BCUT2D eigenvalue weighted by molar-refractivity contribution is 0.0981. The predicted octanol–water partition coefficient (Wildman–Crippen LogP) is 2.01. The number of hydrogen-bond acceptors (Lipinski definition) is 5. The number of nitrogens with one attached hydrogen (secondary N) is 1. The van der Waals surface area contributed by atoms with Crippen LogP contribution in [0.15, 0.2) is 24.5 Å². The Labute approximate surface area is 136 Å². The summed E-state index contributed by atoms with van der Waals surface area (Å²) in [6, 6.07) is 4.19. The van der Waals surface area contributed by atoms with E-state index in [9.17, 15) is 0 Å². The summed E-state index contributed by atoms with van der Waals surface area (Å²) in [7, 11) is 3.59. The predicted molar refractivity (Wildman–Crippen MR) is 87.3 cm³/mol. The van der Waals surface area contributed by atoms with E-state index in [0.29, 0.717) is 5.88 Å². The molecule has 3 rings (SSSR count). The Kier molecular flexibility index (Phi) is 4.93. The van der Waals surface area contributed by atoms with Crippen LogP contribution in [-0.4, -0.2) is 34.5 Å². The average molecular weight is 316 g/mol. The van der Waals surface area contributed by atoms with Crippen LogP contribution in [0.3, 0.4) is 0 Å². The summed E-state index contributed by atoms with van der Waals surface area (Å²) < 4.78 is 12.9. The maximum atomic E-state index is 5.91. The molecule has 0 aromatic carbocycles. The van der Waals surface area contributed by atoms with E-state index >= 15 is 0 Å². The number of pyridine rings is 1. The fourth-order valence-corrected chi connectivity index (χ4v) is 3.08. The monoisotopic (exact) mass is 316 g/mol. The lowest BCUT2D eigenvalue weighted by atomic mass is 10.0. The van der Waals surface area contributed by atoms with Crippen molar-refractivity contribution >= 4 is 0 Å². The maximum absolute atomic E-state index is 5.91. The van der Waals surface area contributed by atoms with Gasteiger partial charge in [-0.1, -0.05) is 6.92 Å². The number of aromatic nitrogens is 3. The first kappa shape index (κ1) is 16.0. The second kappa shape index (κ2) is 7.10. The summed E-state index contributed by atoms with van der Waals surface area (Å²) >= 11 is 0. The summed E-state index contributed by atoms with van der Waals surface area (Å²) in [5.74, 6) is 0.624. The van der Waals surface area contributed by atoms with Crippen molar-refractivity contribution in [3.05, 3.63) is 41.3 Å². The smallest absolute Gasteiger partial charge is 0.212 e. The molecule has 1 N–H and O–H groups in total. The molecule has 0 saturated carbocycles. The molecule has 2 aromatic rings. The van der Waals surface area contributed by atoms with Gasteiger partial charge in [0.1, 0.15) is 0 Å². The van der Waals surface area contributed by atoms with E-state index in [-0.39, 0.29) is 12.1 Å². The first-order valence-electron chi connectivity index (χ1n) is 8.07. The summed E-state index contributed by atoms with van der Waals surface area (Å²) in [6.07, 6.45) is 5.91. The molecule has 2 aromatic heterocycles. The summed E-state index contributed by atoms with van der Waals surface area (Å²) in [5, 5.41) is 8.12. The van der Waals surface area contributed by atoms with Crippen molar-refractivity contribution in [3.8, 4) is 5.88 Å². The van der Waals surface area contributed by atoms with Gasteiger partial charge in [0.15, 0.2) is 0 Å². The summed E-state index contributed by atoms with van der Waals surface area (Å²) in [6.45, 7) is 3.71. The Bertz CT molecular complexity index is 639. The number of methoxy groups -OCH3 is 1. The average Bonchev–Trinajstić information content (AvgIpc) is 3.18. The number of hydrogen-bond donors (Lipinski definition) is 1. The fraction of sp³-hybridized carbons (Fsp3) is 0.529. The maximum Gasteiger partial charge on any atom is 0.212 e. The van der Waals surface area contributed by atoms with E-state index in [0.717, 1.165) is 37.3 Å². The van der Waals surface area contributed by atoms with Crippen molar-refractivity contribution in [3.63, 3.8) is 0 Å². The van der Waals surface area contributed by atoms with Gasteiger partial charge in [0.05, 0.1) is 18.9 Å². The lowest BCUT2D eigenvalue weighted by Gasteiger charge is -2.20. The number of aryl methyl sites for hydroxylation is 2. The molecule has 1 aliphatic rings. The topological polar surface area (TPSA) is 61.2 Å². The van der Waals surface area contributed by atoms with E-state index in [1.807, 2.05) is 30.1 Å². The molecule has 0 bridgehead atoms. The summed E-state index contributed by atoms with van der Waals surface area (Å²) in [4.78, 5) is 4.28. The Hall–Kier alpha value is -1.92. The molecule has 0 amide bonds. The van der Waals surface area contributed by atoms with Crippen LogP contribution in [0, 0.1) is 0 Å². The van der Waals surface area contributed by atoms with Crippen LogP contribution in [0.2, 0.25) is 0 Å². The molecule has 0 unspecified atom stereocenters. The third kappa shape index (κ3) is 3.54. The lowest BCUT2D eigenvalue weighted by Crippen LogP contribution is -2.31. The molecule has 124 valence electrons. The van der Waals surface area contributed by atoms with Crippen LogP contribution in [0.1, 0.15) is 36.3 Å². The Morgan fingerprint density at radius 3 is 3.00 bits per heavy atom. The van der Waals surface area contributed by atoms with E-state index in [2.05, 4.69) is 28.5 Å². The first-order valence-corrected chi connectivity index (χ1v) is 8.07. The zero-order chi connectivity index (χ0) is 16.2. The minimum absolute atomic E-state index is 0.0372. The van der Waals surface area contributed by atoms with Crippen LogP contribution in [-0.2, 0) is 24.8 Å². The van der Waals surface area contributed by atoms with Gasteiger partial charge in [-0.2, -0.15) is 5.10 Å². The van der Waals surface area contributed by atoms with Crippen molar-refractivity contribution in [2.75, 3.05) is 13.7 Å². The SMILES string of the molecule is CCc1nn(C)cc1CN[C@H]1CCO[C@@H]1c1ccc(OC)nc1. The van der Waals surface area contributed by atoms with E-state index in [4.69, 9.17) is 9.47 Å². The van der Waals surface area contributed by atoms with Crippen LogP contribution in [0.4, 0.5) is 0 Å². The van der Waals surface area contributed by atoms with Crippen molar-refractivity contribution in [2.24, 2.45) is 7.05 Å². The highest BCUT2D eigenvalue weighted by atomic mass is 16.5. The van der Waals surface area contributed by atoms with E-state index < -0.39 is 0 Å². The highest BCUT2D eigenvalue weighted by molar-refractivity contribution is 5.22. The molecule has 0 aliphatic carbocycles. The van der Waals surface area contributed by atoms with Crippen LogP contribution >= 0.6 is 0 Å². The first-order chi connectivity index (χ1) is 11.2. The quantitative estimate of drug-likeness (QED) is 0.883. The Morgan fingerprint density at radius 2 is 2.30 bits per heavy atom. The van der Waals surface area contributed by atoms with Crippen LogP contribution in [0.5, 0.6) is 5.88 Å². The van der Waals surface area contributed by atoms with Gasteiger partial charge >= 0.3 is 0 Å². The van der Waals surface area contributed by atoms with E-state index in [1.165, 1.54) is 5.56 Å². The number of nitrogens with zero attached hydrogens (tertiary/aromatic N) is 3. The van der Waals surface area contributed by atoms with Crippen molar-refractivity contribution in [1.82, 2.24) is 20.1 Å². The van der Waals surface area contributed by atoms with Crippen LogP contribution in [0.25, 0.3) is 0 Å². The highest BCUT2D eigenvalue weighted by Gasteiger charge is 2.29. The van der Waals surface area contributed by atoms with Gasteiger partial charge < -0.3 is 14.8 Å². The second-order valence-corrected chi connectivity index (χ2v) is 5.83. The molecular weight excluding hydrogens is 292 g/mol. The molecule has 0 spiro atoms. The van der Waals surface area contributed by atoms with Crippen molar-refractivity contribution in [2.45, 2.75) is 38.5 Å². The summed E-state index contributed by atoms with van der Waals surface area (Å²) in [5.41, 5.74) is 3.50. The largest absolute Gasteiger partial charge is 0.481 e. The van der Waals surface area contributed by atoms with Gasteiger partial charge in [0, 0.05) is 55.8 Å². The molecule has 6 heteroatoms. The molecule has 1 saturated heterocycles. The van der Waals surface area contributed by atoms with Crippen molar-refractivity contribution in [1.29, 1.82) is 0 Å². The van der Waals surface area contributed by atoms with Gasteiger partial charge in [0.25, 0.3) is 0 Å². The van der Waals surface area contributed by atoms with Crippen molar-refractivity contribution < 1.29 is 9.47 Å². The minimum Gasteiger partial charge on any atom is -0.481 e. The van der Waals surface area contributed by atoms with Gasteiger partial charge in [-0.15, -0.1) is 0 Å². The third-order valence-corrected chi connectivity index (χ3v) is 4.27. The van der Waals surface area contributed by atoms with E-state index in [1.54, 1.807) is 7.11 Å². The highest BCUT2D eigenvalue weighted by Crippen LogP contribution is 2.29. The molecule has 6 nitrogen and oxygen atoms in total. The zero-order valence-electron chi connectivity index (χ0n) is 14.0. The van der Waals surface area contributed by atoms with Gasteiger partial charge in [-0.3, -0.25) is 4.68 Å². The number of ether oxygens (including phenoxy) is 2. The molecule has 0 radical (unpaired) electrons. The van der Waals surface area contributed by atoms with Crippen LogP contribution < -0.4 is 10.1 Å². The number of rotatable bonds is 6. The van der Waals surface area contributed by atoms with Gasteiger partial charge in [0.2, 0.25) is 5.88 Å². The minimum atomic E-state index is 0.0372. The molecule has 3 heterocycles. The second-order valence-electron chi connectivity index (χ2n) is 5.83. The Balaban J connectivity index is 1.66. The molecule has 1 aliphatic heterocycles. The zero-order valence-corrected chi connectivity index (χ0v) is 14.0. The van der Waals surface area contributed by atoms with Gasteiger partial charge in [-0.25, -0.2) is 4.98 Å². The molecule has 2 atom stereocenters. The fourth-order valence-electron chi connectivity index (χ4n) is 3.08. The molecular formula is C17H24N4O2. The standard InChI is InChI=1S/C17H24N4O2/c1-4-14-13(11-21(2)20-14)10-18-15-7-8-23-17(15)12-5-6-16(22-3)19-9-12/h5-6,9,11,15,17-18H,4,7-8,10H2,1-3H3/t15-,17+/m0/s1. The Morgan fingerprint density at radius 1 is 1.43 bits per heavy atom. The van der Waals surface area contributed by atoms with Gasteiger partial charge in [-0.05, 0) is 18.9 Å². The molecule has 1 fully saturated rings. The third-order valence-electron chi connectivity index (χ3n) is 4.27. The normalized spacial score (nSPS) is 20.8.